The van der Waals surface area contributed by atoms with E-state index < -0.39 is 0 Å². The average molecular weight is 372 g/mol. The molecule has 0 amide bonds. The number of fused-ring (bicyclic) bond motifs is 1. The fraction of sp³-hybridized carbons (Fsp3) is 0.182. The van der Waals surface area contributed by atoms with Gasteiger partial charge in [0.05, 0.1) is 34.6 Å². The summed E-state index contributed by atoms with van der Waals surface area (Å²) in [5.41, 5.74) is 5.37. The van der Waals surface area contributed by atoms with Gasteiger partial charge in [0, 0.05) is 18.0 Å². The van der Waals surface area contributed by atoms with Crippen LogP contribution in [0.15, 0.2) is 54.9 Å². The quantitative estimate of drug-likeness (QED) is 0.500. The first-order valence-corrected chi connectivity index (χ1v) is 9.14. The van der Waals surface area contributed by atoms with Gasteiger partial charge in [-0.1, -0.05) is 18.2 Å². The number of hydrogen-bond donors (Lipinski definition) is 0. The molecule has 0 saturated carbocycles. The van der Waals surface area contributed by atoms with Crippen LogP contribution in [0.2, 0.25) is 0 Å². The SMILES string of the molecule is CCOC(=O)c1cc(-c2ccncc2)nc2c1c(C)nn2-c1ccccc1C. The third-order valence-electron chi connectivity index (χ3n) is 4.63. The molecule has 4 aromatic rings. The molecule has 28 heavy (non-hydrogen) atoms. The van der Waals surface area contributed by atoms with Gasteiger partial charge in [0.25, 0.3) is 0 Å². The van der Waals surface area contributed by atoms with Gasteiger partial charge in [0.2, 0.25) is 0 Å². The number of hydrogen-bond acceptors (Lipinski definition) is 5. The summed E-state index contributed by atoms with van der Waals surface area (Å²) in [5, 5.41) is 5.40. The highest BCUT2D eigenvalue weighted by Gasteiger charge is 2.22. The zero-order valence-electron chi connectivity index (χ0n) is 16.0. The van der Waals surface area contributed by atoms with Crippen LogP contribution >= 0.6 is 0 Å². The van der Waals surface area contributed by atoms with Crippen LogP contribution in [-0.2, 0) is 4.74 Å². The first-order valence-electron chi connectivity index (χ1n) is 9.14. The van der Waals surface area contributed by atoms with E-state index in [-0.39, 0.29) is 5.97 Å². The third-order valence-corrected chi connectivity index (χ3v) is 4.63. The molecule has 0 spiro atoms. The van der Waals surface area contributed by atoms with Crippen molar-refractivity contribution in [2.75, 3.05) is 6.61 Å². The molecular weight excluding hydrogens is 352 g/mol. The lowest BCUT2D eigenvalue weighted by Crippen LogP contribution is -2.07. The van der Waals surface area contributed by atoms with Crippen LogP contribution in [0.3, 0.4) is 0 Å². The molecule has 0 aliphatic carbocycles. The molecule has 140 valence electrons. The van der Waals surface area contributed by atoms with E-state index >= 15 is 0 Å². The fourth-order valence-electron chi connectivity index (χ4n) is 3.30. The highest BCUT2D eigenvalue weighted by Crippen LogP contribution is 2.29. The molecule has 0 unspecified atom stereocenters. The highest BCUT2D eigenvalue weighted by atomic mass is 16.5. The second-order valence-corrected chi connectivity index (χ2v) is 6.49. The predicted octanol–water partition coefficient (Wildman–Crippen LogP) is 4.28. The Morgan fingerprint density at radius 3 is 2.57 bits per heavy atom. The Balaban J connectivity index is 2.05. The van der Waals surface area contributed by atoms with Crippen LogP contribution in [0, 0.1) is 13.8 Å². The van der Waals surface area contributed by atoms with Crippen molar-refractivity contribution >= 4 is 17.0 Å². The maximum absolute atomic E-state index is 12.7. The molecule has 0 radical (unpaired) electrons. The van der Waals surface area contributed by atoms with Crippen LogP contribution in [0.4, 0.5) is 0 Å². The minimum Gasteiger partial charge on any atom is -0.462 e. The topological polar surface area (TPSA) is 69.9 Å². The van der Waals surface area contributed by atoms with Gasteiger partial charge >= 0.3 is 5.97 Å². The van der Waals surface area contributed by atoms with Crippen molar-refractivity contribution in [1.82, 2.24) is 19.7 Å². The van der Waals surface area contributed by atoms with Crippen molar-refractivity contribution in [1.29, 1.82) is 0 Å². The highest BCUT2D eigenvalue weighted by molar-refractivity contribution is 6.05. The maximum atomic E-state index is 12.7. The molecule has 0 N–H and O–H groups in total. The lowest BCUT2D eigenvalue weighted by Gasteiger charge is -2.10. The summed E-state index contributed by atoms with van der Waals surface area (Å²) in [6, 6.07) is 13.5. The van der Waals surface area contributed by atoms with Crippen molar-refractivity contribution in [3.05, 3.63) is 71.7 Å². The van der Waals surface area contributed by atoms with Gasteiger partial charge in [-0.05, 0) is 50.6 Å². The average Bonchev–Trinajstić information content (AvgIpc) is 3.05. The van der Waals surface area contributed by atoms with Gasteiger partial charge in [0.1, 0.15) is 0 Å². The fourth-order valence-corrected chi connectivity index (χ4v) is 3.30. The summed E-state index contributed by atoms with van der Waals surface area (Å²) < 4.78 is 7.10. The smallest absolute Gasteiger partial charge is 0.339 e. The number of pyridine rings is 2. The van der Waals surface area contributed by atoms with Gasteiger partial charge < -0.3 is 4.74 Å². The Labute approximate surface area is 162 Å². The molecule has 6 heteroatoms. The monoisotopic (exact) mass is 372 g/mol. The summed E-state index contributed by atoms with van der Waals surface area (Å²) in [5.74, 6) is -0.377. The van der Waals surface area contributed by atoms with Crippen molar-refractivity contribution in [3.8, 4) is 16.9 Å². The number of carbonyl (C=O) groups excluding carboxylic acids is 1. The Morgan fingerprint density at radius 1 is 1.11 bits per heavy atom. The van der Waals surface area contributed by atoms with Gasteiger partial charge in [-0.25, -0.2) is 14.5 Å². The molecule has 0 bridgehead atoms. The molecule has 0 saturated heterocycles. The van der Waals surface area contributed by atoms with Gasteiger partial charge in [0.15, 0.2) is 5.65 Å². The number of benzene rings is 1. The summed E-state index contributed by atoms with van der Waals surface area (Å²) in [6.07, 6.45) is 3.41. The summed E-state index contributed by atoms with van der Waals surface area (Å²) in [7, 11) is 0. The number of aromatic nitrogens is 4. The molecule has 0 aliphatic heterocycles. The normalized spacial score (nSPS) is 11.0. The molecule has 3 aromatic heterocycles. The second-order valence-electron chi connectivity index (χ2n) is 6.49. The van der Waals surface area contributed by atoms with Crippen LogP contribution in [-0.4, -0.2) is 32.3 Å². The minimum absolute atomic E-state index is 0.304. The Morgan fingerprint density at radius 2 is 1.86 bits per heavy atom. The molecule has 3 heterocycles. The van der Waals surface area contributed by atoms with E-state index in [9.17, 15) is 4.79 Å². The van der Waals surface area contributed by atoms with Gasteiger partial charge in [-0.15, -0.1) is 0 Å². The first kappa shape index (κ1) is 17.9. The first-order chi connectivity index (χ1) is 13.6. The number of rotatable bonds is 4. The van der Waals surface area contributed by atoms with E-state index in [0.717, 1.165) is 22.5 Å². The summed E-state index contributed by atoms with van der Waals surface area (Å²) in [4.78, 5) is 21.6. The standard InChI is InChI=1S/C22H20N4O2/c1-4-28-22(27)17-13-18(16-9-11-23-12-10-16)24-21-20(17)15(3)25-26(21)19-8-6-5-7-14(19)2/h5-13H,4H2,1-3H3. The van der Waals surface area contributed by atoms with E-state index in [1.54, 1.807) is 30.1 Å². The zero-order valence-corrected chi connectivity index (χ0v) is 16.0. The lowest BCUT2D eigenvalue weighted by molar-refractivity contribution is 0.0528. The van der Waals surface area contributed by atoms with Crippen molar-refractivity contribution < 1.29 is 9.53 Å². The number of carbonyl (C=O) groups is 1. The third kappa shape index (κ3) is 3.03. The second kappa shape index (κ2) is 7.23. The van der Waals surface area contributed by atoms with Crippen molar-refractivity contribution in [3.63, 3.8) is 0 Å². The number of para-hydroxylation sites is 1. The lowest BCUT2D eigenvalue weighted by atomic mass is 10.1. The Kier molecular flexibility index (Phi) is 4.61. The van der Waals surface area contributed by atoms with Crippen LogP contribution in [0.5, 0.6) is 0 Å². The Bertz CT molecular complexity index is 1170. The van der Waals surface area contributed by atoms with Crippen LogP contribution < -0.4 is 0 Å². The minimum atomic E-state index is -0.377. The number of aryl methyl sites for hydroxylation is 2. The van der Waals surface area contributed by atoms with Gasteiger partial charge in [-0.3, -0.25) is 4.98 Å². The van der Waals surface area contributed by atoms with E-state index in [1.807, 2.05) is 50.2 Å². The summed E-state index contributed by atoms with van der Waals surface area (Å²) >= 11 is 0. The van der Waals surface area contributed by atoms with Crippen molar-refractivity contribution in [2.24, 2.45) is 0 Å². The number of nitrogens with zero attached hydrogens (tertiary/aromatic N) is 4. The van der Waals surface area contributed by atoms with E-state index in [1.165, 1.54) is 0 Å². The Hall–Kier alpha value is -3.54. The number of esters is 1. The molecule has 0 atom stereocenters. The largest absolute Gasteiger partial charge is 0.462 e. The summed E-state index contributed by atoms with van der Waals surface area (Å²) in [6.45, 7) is 6.01. The maximum Gasteiger partial charge on any atom is 0.339 e. The predicted molar refractivity (Wildman–Crippen MR) is 108 cm³/mol. The van der Waals surface area contributed by atoms with E-state index in [4.69, 9.17) is 14.8 Å². The molecular formula is C22H20N4O2. The molecule has 0 fully saturated rings. The van der Waals surface area contributed by atoms with Crippen LogP contribution in [0.25, 0.3) is 28.0 Å². The van der Waals surface area contributed by atoms with Crippen molar-refractivity contribution in [2.45, 2.75) is 20.8 Å². The van der Waals surface area contributed by atoms with Crippen LogP contribution in [0.1, 0.15) is 28.5 Å². The van der Waals surface area contributed by atoms with Gasteiger partial charge in [-0.2, -0.15) is 5.10 Å². The van der Waals surface area contributed by atoms with E-state index in [0.29, 0.717) is 28.9 Å². The molecule has 1 aromatic carbocycles. The molecule has 0 aliphatic rings. The molecule has 6 nitrogen and oxygen atoms in total. The molecule has 4 rings (SSSR count). The zero-order chi connectivity index (χ0) is 19.7. The number of ether oxygens (including phenoxy) is 1. The van der Waals surface area contributed by atoms with E-state index in [2.05, 4.69) is 4.98 Å².